The predicted molar refractivity (Wildman–Crippen MR) is 81.4 cm³/mol. The molecular formula is C16H23NO4. The maximum Gasteiger partial charge on any atom is 0.328 e. The summed E-state index contributed by atoms with van der Waals surface area (Å²) in [6.45, 7) is 7.78. The summed E-state index contributed by atoms with van der Waals surface area (Å²) in [4.78, 5) is 14.8. The lowest BCUT2D eigenvalue weighted by Crippen LogP contribution is -2.09. The van der Waals surface area contributed by atoms with Gasteiger partial charge in [0.05, 0.1) is 6.61 Å². The van der Waals surface area contributed by atoms with Gasteiger partial charge in [0.25, 0.3) is 0 Å². The maximum atomic E-state index is 10.6. The number of pyridine rings is 1. The zero-order valence-electron chi connectivity index (χ0n) is 12.8. The first-order chi connectivity index (χ1) is 9.99. The Bertz CT molecular complexity index is 483. The van der Waals surface area contributed by atoms with Crippen LogP contribution >= 0.6 is 0 Å². The lowest BCUT2D eigenvalue weighted by atomic mass is 10.1. The third kappa shape index (κ3) is 7.46. The number of carbonyl (C=O) groups is 1. The third-order valence-electron chi connectivity index (χ3n) is 2.73. The number of nitrogens with zero attached hydrogens (tertiary/aromatic N) is 1. The van der Waals surface area contributed by atoms with Crippen molar-refractivity contribution < 1.29 is 19.4 Å². The standard InChI is InChI=1S/C16H23NO4/c1-12(2)8-9-20-10-11-21-15-6-4-13(3)17-14(15)5-7-16(18)19/h4-7,12H,8-11H2,1-3H3,(H,18,19). The zero-order chi connectivity index (χ0) is 15.7. The zero-order valence-corrected chi connectivity index (χ0v) is 12.8. The van der Waals surface area contributed by atoms with E-state index in [1.807, 2.05) is 13.0 Å². The van der Waals surface area contributed by atoms with Crippen molar-refractivity contribution in [2.45, 2.75) is 27.2 Å². The summed E-state index contributed by atoms with van der Waals surface area (Å²) in [6, 6.07) is 3.62. The number of hydrogen-bond acceptors (Lipinski definition) is 4. The summed E-state index contributed by atoms with van der Waals surface area (Å²) in [5, 5.41) is 8.68. The molecule has 0 aliphatic rings. The number of carboxylic acid groups (broad SMARTS) is 1. The number of carboxylic acids is 1. The van der Waals surface area contributed by atoms with E-state index in [9.17, 15) is 4.79 Å². The molecule has 21 heavy (non-hydrogen) atoms. The fraction of sp³-hybridized carbons (Fsp3) is 0.500. The van der Waals surface area contributed by atoms with E-state index in [-0.39, 0.29) is 0 Å². The van der Waals surface area contributed by atoms with E-state index >= 15 is 0 Å². The lowest BCUT2D eigenvalue weighted by molar-refractivity contribution is -0.131. The van der Waals surface area contributed by atoms with Crippen molar-refractivity contribution in [3.8, 4) is 5.75 Å². The van der Waals surface area contributed by atoms with Gasteiger partial charge in [0.1, 0.15) is 18.1 Å². The summed E-state index contributed by atoms with van der Waals surface area (Å²) in [7, 11) is 0. The van der Waals surface area contributed by atoms with Crippen LogP contribution < -0.4 is 4.74 Å². The highest BCUT2D eigenvalue weighted by atomic mass is 16.5. The second-order valence-electron chi connectivity index (χ2n) is 5.15. The Kier molecular flexibility index (Phi) is 7.46. The van der Waals surface area contributed by atoms with E-state index in [0.717, 1.165) is 24.8 Å². The van der Waals surface area contributed by atoms with Crippen molar-refractivity contribution in [3.63, 3.8) is 0 Å². The molecule has 0 fully saturated rings. The number of ether oxygens (including phenoxy) is 2. The molecule has 0 saturated heterocycles. The predicted octanol–water partition coefficient (Wildman–Crippen LogP) is 2.93. The van der Waals surface area contributed by atoms with Crippen LogP contribution in [-0.2, 0) is 9.53 Å². The minimum absolute atomic E-state index is 0.413. The normalized spacial score (nSPS) is 11.2. The van der Waals surface area contributed by atoms with Gasteiger partial charge >= 0.3 is 5.97 Å². The van der Waals surface area contributed by atoms with Crippen molar-refractivity contribution in [2.24, 2.45) is 5.92 Å². The SMILES string of the molecule is Cc1ccc(OCCOCCC(C)C)c(C=CC(=O)O)n1. The van der Waals surface area contributed by atoms with E-state index in [4.69, 9.17) is 14.6 Å². The first-order valence-electron chi connectivity index (χ1n) is 7.08. The van der Waals surface area contributed by atoms with Crippen LogP contribution in [0.5, 0.6) is 5.75 Å². The molecule has 0 spiro atoms. The molecule has 1 N–H and O–H groups in total. The first-order valence-corrected chi connectivity index (χ1v) is 7.08. The minimum atomic E-state index is -1.01. The van der Waals surface area contributed by atoms with Gasteiger partial charge in [-0.25, -0.2) is 9.78 Å². The highest BCUT2D eigenvalue weighted by Gasteiger charge is 2.04. The van der Waals surface area contributed by atoms with Gasteiger partial charge in [-0.15, -0.1) is 0 Å². The molecule has 5 nitrogen and oxygen atoms in total. The van der Waals surface area contributed by atoms with Gasteiger partial charge < -0.3 is 14.6 Å². The van der Waals surface area contributed by atoms with E-state index in [0.29, 0.717) is 30.6 Å². The van der Waals surface area contributed by atoms with Crippen LogP contribution in [0.25, 0.3) is 6.08 Å². The van der Waals surface area contributed by atoms with Gasteiger partial charge in [-0.2, -0.15) is 0 Å². The van der Waals surface area contributed by atoms with Gasteiger partial charge in [-0.3, -0.25) is 0 Å². The molecule has 1 aromatic rings. The Morgan fingerprint density at radius 2 is 2.10 bits per heavy atom. The van der Waals surface area contributed by atoms with Crippen molar-refractivity contribution in [2.75, 3.05) is 19.8 Å². The Hall–Kier alpha value is -1.88. The fourth-order valence-electron chi connectivity index (χ4n) is 1.59. The highest BCUT2D eigenvalue weighted by Crippen LogP contribution is 2.18. The molecule has 5 heteroatoms. The van der Waals surface area contributed by atoms with Crippen LogP contribution in [-0.4, -0.2) is 35.9 Å². The quantitative estimate of drug-likeness (QED) is 0.560. The number of aryl methyl sites for hydroxylation is 1. The van der Waals surface area contributed by atoms with E-state index in [2.05, 4.69) is 18.8 Å². The molecule has 0 aliphatic heterocycles. The van der Waals surface area contributed by atoms with Crippen molar-refractivity contribution in [1.82, 2.24) is 4.98 Å². The summed E-state index contributed by atoms with van der Waals surface area (Å²) in [6.07, 6.45) is 3.51. The second kappa shape index (κ2) is 9.13. The van der Waals surface area contributed by atoms with Gasteiger partial charge in [0, 0.05) is 18.4 Å². The van der Waals surface area contributed by atoms with Crippen LogP contribution in [0.3, 0.4) is 0 Å². The Morgan fingerprint density at radius 1 is 1.33 bits per heavy atom. The van der Waals surface area contributed by atoms with Gasteiger partial charge in [0.15, 0.2) is 0 Å². The first kappa shape index (κ1) is 17.2. The highest BCUT2D eigenvalue weighted by molar-refractivity contribution is 5.85. The van der Waals surface area contributed by atoms with E-state index in [1.165, 1.54) is 6.08 Å². The van der Waals surface area contributed by atoms with E-state index < -0.39 is 5.97 Å². The number of hydrogen-bond donors (Lipinski definition) is 1. The van der Waals surface area contributed by atoms with Gasteiger partial charge in [-0.1, -0.05) is 13.8 Å². The molecule has 0 aromatic carbocycles. The third-order valence-corrected chi connectivity index (χ3v) is 2.73. The molecule has 1 rings (SSSR count). The molecule has 0 saturated carbocycles. The largest absolute Gasteiger partial charge is 0.489 e. The monoisotopic (exact) mass is 293 g/mol. The molecule has 0 atom stereocenters. The Balaban J connectivity index is 2.48. The summed E-state index contributed by atoms with van der Waals surface area (Å²) >= 11 is 0. The number of aliphatic carboxylic acids is 1. The van der Waals surface area contributed by atoms with Gasteiger partial charge in [0.2, 0.25) is 0 Å². The van der Waals surface area contributed by atoms with Crippen LogP contribution in [0, 0.1) is 12.8 Å². The average Bonchev–Trinajstić information content (AvgIpc) is 2.41. The topological polar surface area (TPSA) is 68.7 Å². The molecule has 0 aliphatic carbocycles. The molecule has 0 radical (unpaired) electrons. The lowest BCUT2D eigenvalue weighted by Gasteiger charge is -2.10. The number of rotatable bonds is 9. The molecule has 0 bridgehead atoms. The molecule has 1 heterocycles. The van der Waals surface area contributed by atoms with Crippen molar-refractivity contribution in [3.05, 3.63) is 29.6 Å². The van der Waals surface area contributed by atoms with Crippen molar-refractivity contribution in [1.29, 1.82) is 0 Å². The fourth-order valence-corrected chi connectivity index (χ4v) is 1.59. The van der Waals surface area contributed by atoms with Crippen LogP contribution in [0.2, 0.25) is 0 Å². The molecule has 116 valence electrons. The second-order valence-corrected chi connectivity index (χ2v) is 5.15. The molecule has 0 unspecified atom stereocenters. The summed E-state index contributed by atoms with van der Waals surface area (Å²) in [5.41, 5.74) is 1.32. The minimum Gasteiger partial charge on any atom is -0.489 e. The van der Waals surface area contributed by atoms with Crippen LogP contribution in [0.4, 0.5) is 0 Å². The van der Waals surface area contributed by atoms with Crippen LogP contribution in [0.1, 0.15) is 31.7 Å². The molecular weight excluding hydrogens is 270 g/mol. The van der Waals surface area contributed by atoms with Crippen molar-refractivity contribution >= 4 is 12.0 Å². The van der Waals surface area contributed by atoms with Crippen LogP contribution in [0.15, 0.2) is 18.2 Å². The molecule has 1 aromatic heterocycles. The summed E-state index contributed by atoms with van der Waals surface area (Å²) in [5.74, 6) is 0.173. The Labute approximate surface area is 125 Å². The Morgan fingerprint density at radius 3 is 2.76 bits per heavy atom. The summed E-state index contributed by atoms with van der Waals surface area (Å²) < 4.78 is 11.1. The molecule has 0 amide bonds. The number of aromatic nitrogens is 1. The van der Waals surface area contributed by atoms with E-state index in [1.54, 1.807) is 6.07 Å². The maximum absolute atomic E-state index is 10.6. The smallest absolute Gasteiger partial charge is 0.328 e. The average molecular weight is 293 g/mol. The van der Waals surface area contributed by atoms with Gasteiger partial charge in [-0.05, 0) is 37.5 Å².